The summed E-state index contributed by atoms with van der Waals surface area (Å²) in [5.74, 6) is -0.328. The molecule has 0 aromatic heterocycles. The molecule has 0 fully saturated rings. The molecule has 0 amide bonds. The number of carboxylic acid groups (broad SMARTS) is 1. The molecule has 3 nitrogen and oxygen atoms in total. The van der Waals surface area contributed by atoms with Crippen molar-refractivity contribution in [3.8, 4) is 0 Å². The van der Waals surface area contributed by atoms with Gasteiger partial charge >= 0.3 is 5.97 Å². The zero-order chi connectivity index (χ0) is 11.9. The average molecular weight is 219 g/mol. The zero-order valence-electron chi connectivity index (χ0n) is 9.87. The molecule has 86 valence electrons. The minimum Gasteiger partial charge on any atom is -0.481 e. The van der Waals surface area contributed by atoms with Crippen molar-refractivity contribution in [1.29, 1.82) is 0 Å². The Hall–Kier alpha value is -1.51. The van der Waals surface area contributed by atoms with E-state index < -0.39 is 11.4 Å². The normalized spacial score (nSPS) is 19.1. The summed E-state index contributed by atoms with van der Waals surface area (Å²) >= 11 is 0. The molecule has 16 heavy (non-hydrogen) atoms. The molecule has 1 aliphatic heterocycles. The van der Waals surface area contributed by atoms with Crippen molar-refractivity contribution in [3.05, 3.63) is 29.3 Å². The summed E-state index contributed by atoms with van der Waals surface area (Å²) < 4.78 is 0. The van der Waals surface area contributed by atoms with Crippen molar-refractivity contribution in [2.75, 3.05) is 11.9 Å². The Kier molecular flexibility index (Phi) is 2.41. The number of aliphatic carboxylic acids is 1. The highest BCUT2D eigenvalue weighted by Gasteiger charge is 2.31. The van der Waals surface area contributed by atoms with Gasteiger partial charge in [0.2, 0.25) is 0 Å². The Morgan fingerprint density at radius 1 is 1.50 bits per heavy atom. The minimum absolute atomic E-state index is 0.458. The van der Waals surface area contributed by atoms with Crippen LogP contribution in [0.3, 0.4) is 0 Å². The maximum Gasteiger partial charge on any atom is 0.313 e. The van der Waals surface area contributed by atoms with Crippen molar-refractivity contribution in [1.82, 2.24) is 0 Å². The number of fused-ring (bicyclic) bond motifs is 1. The molecule has 3 heteroatoms. The van der Waals surface area contributed by atoms with Crippen LogP contribution in [0.2, 0.25) is 0 Å². The first-order valence-corrected chi connectivity index (χ1v) is 5.54. The molecule has 1 aliphatic rings. The van der Waals surface area contributed by atoms with Gasteiger partial charge in [0.05, 0.1) is 5.41 Å². The summed E-state index contributed by atoms with van der Waals surface area (Å²) in [4.78, 5) is 11.2. The summed E-state index contributed by atoms with van der Waals surface area (Å²) in [6.45, 7) is 6.57. The van der Waals surface area contributed by atoms with Gasteiger partial charge in [-0.3, -0.25) is 4.79 Å². The third-order valence-electron chi connectivity index (χ3n) is 3.44. The highest BCUT2D eigenvalue weighted by atomic mass is 16.4. The van der Waals surface area contributed by atoms with E-state index in [1.807, 2.05) is 18.2 Å². The van der Waals surface area contributed by atoms with Gasteiger partial charge in [0.25, 0.3) is 0 Å². The summed E-state index contributed by atoms with van der Waals surface area (Å²) in [5.41, 5.74) is 2.41. The lowest BCUT2D eigenvalue weighted by Gasteiger charge is -2.20. The van der Waals surface area contributed by atoms with E-state index in [1.165, 1.54) is 5.56 Å². The first kappa shape index (κ1) is 11.0. The molecule has 0 saturated carbocycles. The second-order valence-electron chi connectivity index (χ2n) is 5.01. The topological polar surface area (TPSA) is 49.3 Å². The summed E-state index contributed by atoms with van der Waals surface area (Å²) in [5, 5.41) is 12.5. The predicted molar refractivity (Wildman–Crippen MR) is 64.0 cm³/mol. The Labute approximate surface area is 95.5 Å². The van der Waals surface area contributed by atoms with Gasteiger partial charge in [0, 0.05) is 18.2 Å². The number of benzene rings is 1. The lowest BCUT2D eigenvalue weighted by atomic mass is 9.83. The van der Waals surface area contributed by atoms with E-state index in [1.54, 1.807) is 13.8 Å². The third-order valence-corrected chi connectivity index (χ3v) is 3.44. The maximum atomic E-state index is 11.2. The van der Waals surface area contributed by atoms with Gasteiger partial charge in [-0.05, 0) is 31.0 Å². The van der Waals surface area contributed by atoms with Crippen LogP contribution in [0.5, 0.6) is 0 Å². The molecule has 2 rings (SSSR count). The fourth-order valence-corrected chi connectivity index (χ4v) is 2.02. The van der Waals surface area contributed by atoms with Crippen LogP contribution in [0.4, 0.5) is 5.69 Å². The maximum absolute atomic E-state index is 11.2. The molecule has 0 aliphatic carbocycles. The molecular weight excluding hydrogens is 202 g/mol. The van der Waals surface area contributed by atoms with Crippen LogP contribution in [0.1, 0.15) is 37.8 Å². The predicted octanol–water partition coefficient (Wildman–Crippen LogP) is 2.58. The molecule has 0 saturated heterocycles. The summed E-state index contributed by atoms with van der Waals surface area (Å²) in [7, 11) is 0. The van der Waals surface area contributed by atoms with Crippen molar-refractivity contribution in [2.45, 2.75) is 32.1 Å². The number of hydrogen-bond donors (Lipinski definition) is 2. The van der Waals surface area contributed by atoms with Gasteiger partial charge in [0.1, 0.15) is 0 Å². The fourth-order valence-electron chi connectivity index (χ4n) is 2.02. The Balaban J connectivity index is 2.46. The van der Waals surface area contributed by atoms with Crippen molar-refractivity contribution in [2.24, 2.45) is 0 Å². The van der Waals surface area contributed by atoms with Gasteiger partial charge in [-0.2, -0.15) is 0 Å². The quantitative estimate of drug-likeness (QED) is 0.803. The number of anilines is 1. The van der Waals surface area contributed by atoms with E-state index in [2.05, 4.69) is 12.2 Å². The smallest absolute Gasteiger partial charge is 0.313 e. The largest absolute Gasteiger partial charge is 0.481 e. The highest BCUT2D eigenvalue weighted by molar-refractivity contribution is 5.80. The van der Waals surface area contributed by atoms with E-state index in [-0.39, 0.29) is 0 Å². The van der Waals surface area contributed by atoms with Crippen LogP contribution < -0.4 is 5.32 Å². The molecule has 1 heterocycles. The molecule has 2 N–H and O–H groups in total. The van der Waals surface area contributed by atoms with Crippen LogP contribution in [0, 0.1) is 0 Å². The molecule has 1 unspecified atom stereocenters. The van der Waals surface area contributed by atoms with E-state index in [0.717, 1.165) is 17.8 Å². The van der Waals surface area contributed by atoms with Crippen LogP contribution >= 0.6 is 0 Å². The van der Waals surface area contributed by atoms with E-state index in [4.69, 9.17) is 0 Å². The van der Waals surface area contributed by atoms with Gasteiger partial charge in [-0.25, -0.2) is 0 Å². The molecule has 0 spiro atoms. The van der Waals surface area contributed by atoms with Gasteiger partial charge in [-0.15, -0.1) is 0 Å². The monoisotopic (exact) mass is 219 g/mol. The number of hydrogen-bond acceptors (Lipinski definition) is 2. The molecule has 1 aromatic carbocycles. The number of nitrogens with one attached hydrogen (secondary N) is 1. The van der Waals surface area contributed by atoms with Crippen LogP contribution in [-0.2, 0) is 10.2 Å². The van der Waals surface area contributed by atoms with Crippen molar-refractivity contribution < 1.29 is 9.90 Å². The minimum atomic E-state index is -0.822. The first-order chi connectivity index (χ1) is 7.43. The number of carbonyl (C=O) groups is 1. The van der Waals surface area contributed by atoms with Gasteiger partial charge < -0.3 is 10.4 Å². The number of carboxylic acids is 1. The van der Waals surface area contributed by atoms with Gasteiger partial charge in [-0.1, -0.05) is 19.1 Å². The Morgan fingerprint density at radius 2 is 2.19 bits per heavy atom. The fraction of sp³-hybridized carbons (Fsp3) is 0.462. The molecule has 0 radical (unpaired) electrons. The third kappa shape index (κ3) is 1.56. The lowest BCUT2D eigenvalue weighted by Crippen LogP contribution is -2.28. The standard InChI is InChI=1S/C13H17NO2/c1-8-7-14-11-5-4-9(6-10(8)11)13(2,3)12(15)16/h4-6,8,14H,7H2,1-3H3,(H,15,16). The van der Waals surface area contributed by atoms with Crippen molar-refractivity contribution >= 4 is 11.7 Å². The highest BCUT2D eigenvalue weighted by Crippen LogP contribution is 2.35. The molecule has 0 bridgehead atoms. The first-order valence-electron chi connectivity index (χ1n) is 5.54. The number of rotatable bonds is 2. The van der Waals surface area contributed by atoms with Gasteiger partial charge in [0.15, 0.2) is 0 Å². The average Bonchev–Trinajstić information content (AvgIpc) is 2.60. The van der Waals surface area contributed by atoms with Crippen molar-refractivity contribution in [3.63, 3.8) is 0 Å². The Bertz CT molecular complexity index is 438. The summed E-state index contributed by atoms with van der Waals surface area (Å²) in [6.07, 6.45) is 0. The Morgan fingerprint density at radius 3 is 2.81 bits per heavy atom. The second kappa shape index (κ2) is 3.51. The van der Waals surface area contributed by atoms with Crippen LogP contribution in [0.25, 0.3) is 0 Å². The van der Waals surface area contributed by atoms with Crippen LogP contribution in [-0.4, -0.2) is 17.6 Å². The van der Waals surface area contributed by atoms with E-state index in [0.29, 0.717) is 5.92 Å². The summed E-state index contributed by atoms with van der Waals surface area (Å²) in [6, 6.07) is 5.91. The molecule has 1 aromatic rings. The SMILES string of the molecule is CC1CNc2ccc(C(C)(C)C(=O)O)cc21. The molecule has 1 atom stereocenters. The zero-order valence-corrected chi connectivity index (χ0v) is 9.87. The van der Waals surface area contributed by atoms with E-state index >= 15 is 0 Å². The van der Waals surface area contributed by atoms with Crippen LogP contribution in [0.15, 0.2) is 18.2 Å². The second-order valence-corrected chi connectivity index (χ2v) is 5.01. The molecular formula is C13H17NO2. The van der Waals surface area contributed by atoms with E-state index in [9.17, 15) is 9.90 Å². The lowest BCUT2D eigenvalue weighted by molar-refractivity contribution is -0.142.